The van der Waals surface area contributed by atoms with Crippen molar-refractivity contribution in [2.75, 3.05) is 12.3 Å². The molecule has 1 aromatic heterocycles. The largest absolute Gasteiger partial charge is 0.398 e. The predicted octanol–water partition coefficient (Wildman–Crippen LogP) is 3.33. The first-order valence-electron chi connectivity index (χ1n) is 7.34. The molecule has 1 aromatic carbocycles. The molecule has 3 N–H and O–H groups in total. The van der Waals surface area contributed by atoms with E-state index < -0.39 is 0 Å². The van der Waals surface area contributed by atoms with Crippen LogP contribution < -0.4 is 5.73 Å². The summed E-state index contributed by atoms with van der Waals surface area (Å²) in [6.07, 6.45) is 9.09. The maximum absolute atomic E-state index is 7.31. The quantitative estimate of drug-likeness (QED) is 0.672. The summed E-state index contributed by atoms with van der Waals surface area (Å²) < 4.78 is 0. The Hall–Kier alpha value is -2.75. The molecule has 0 amide bonds. The van der Waals surface area contributed by atoms with Crippen LogP contribution >= 0.6 is 0 Å². The highest BCUT2D eigenvalue weighted by atomic mass is 14.8. The van der Waals surface area contributed by atoms with Crippen LogP contribution in [0.5, 0.6) is 0 Å². The maximum Gasteiger partial charge on any atom is 0.0694 e. The van der Waals surface area contributed by atoms with Crippen LogP contribution in [0, 0.1) is 5.41 Å². The number of hydrogen-bond acceptors (Lipinski definition) is 4. The predicted molar refractivity (Wildman–Crippen MR) is 91.6 cm³/mol. The van der Waals surface area contributed by atoms with Gasteiger partial charge in [0.25, 0.3) is 0 Å². The molecule has 0 aliphatic carbocycles. The van der Waals surface area contributed by atoms with E-state index in [0.29, 0.717) is 5.69 Å². The Labute approximate surface area is 129 Å². The number of nitrogens with two attached hydrogens (primary N) is 1. The lowest BCUT2D eigenvalue weighted by atomic mass is 9.94. The number of nitrogen functional groups attached to an aromatic ring is 1. The number of aromatic nitrogens is 1. The summed E-state index contributed by atoms with van der Waals surface area (Å²) in [7, 11) is 0. The molecule has 22 heavy (non-hydrogen) atoms. The second-order valence-corrected chi connectivity index (χ2v) is 5.28. The first-order chi connectivity index (χ1) is 10.8. The van der Waals surface area contributed by atoms with Crippen LogP contribution in [-0.2, 0) is 0 Å². The normalized spacial score (nSPS) is 16.4. The lowest BCUT2D eigenvalue weighted by Gasteiger charge is -2.16. The summed E-state index contributed by atoms with van der Waals surface area (Å²) in [5.41, 5.74) is 11.7. The van der Waals surface area contributed by atoms with Crippen LogP contribution in [0.2, 0.25) is 0 Å². The van der Waals surface area contributed by atoms with Crippen molar-refractivity contribution in [2.45, 2.75) is 12.8 Å². The van der Waals surface area contributed by atoms with Crippen LogP contribution in [0.4, 0.5) is 5.69 Å². The van der Waals surface area contributed by atoms with Gasteiger partial charge in [-0.05, 0) is 48.3 Å². The van der Waals surface area contributed by atoms with Gasteiger partial charge in [-0.15, -0.1) is 0 Å². The van der Waals surface area contributed by atoms with E-state index in [0.717, 1.165) is 41.8 Å². The van der Waals surface area contributed by atoms with Gasteiger partial charge in [0.1, 0.15) is 0 Å². The molecule has 0 radical (unpaired) electrons. The van der Waals surface area contributed by atoms with Crippen molar-refractivity contribution in [1.29, 1.82) is 5.41 Å². The fraction of sp³-hybridized carbons (Fsp3) is 0.167. The fourth-order valence-electron chi connectivity index (χ4n) is 2.62. The van der Waals surface area contributed by atoms with Gasteiger partial charge in [0.05, 0.1) is 5.71 Å². The highest BCUT2D eigenvalue weighted by molar-refractivity contribution is 6.15. The van der Waals surface area contributed by atoms with Crippen LogP contribution in [0.1, 0.15) is 29.5 Å². The van der Waals surface area contributed by atoms with E-state index >= 15 is 0 Å². The minimum absolute atomic E-state index is 0.625. The Morgan fingerprint density at radius 3 is 2.86 bits per heavy atom. The Kier molecular flexibility index (Phi) is 4.10. The SMILES string of the molecule is N=Cc1ccc(/C=C2\CCCN=C2c2cccnc2)cc1N. The number of allylic oxidation sites excluding steroid dienone is 1. The van der Waals surface area contributed by atoms with Crippen LogP contribution in [-0.4, -0.2) is 23.5 Å². The van der Waals surface area contributed by atoms with E-state index in [1.807, 2.05) is 36.5 Å². The zero-order chi connectivity index (χ0) is 15.4. The summed E-state index contributed by atoms with van der Waals surface area (Å²) in [6.45, 7) is 0.858. The molecule has 0 saturated heterocycles. The highest BCUT2D eigenvalue weighted by Gasteiger charge is 2.14. The van der Waals surface area contributed by atoms with Crippen molar-refractivity contribution < 1.29 is 0 Å². The molecule has 1 aliphatic heterocycles. The van der Waals surface area contributed by atoms with E-state index in [4.69, 9.17) is 11.1 Å². The minimum atomic E-state index is 0.625. The molecule has 3 rings (SSSR count). The van der Waals surface area contributed by atoms with Gasteiger partial charge in [-0.1, -0.05) is 12.1 Å². The molecule has 4 heteroatoms. The van der Waals surface area contributed by atoms with Crippen LogP contribution in [0.15, 0.2) is 53.3 Å². The highest BCUT2D eigenvalue weighted by Crippen LogP contribution is 2.23. The minimum Gasteiger partial charge on any atom is -0.398 e. The topological polar surface area (TPSA) is 75.1 Å². The van der Waals surface area contributed by atoms with Crippen molar-refractivity contribution in [1.82, 2.24) is 4.98 Å². The molecule has 0 atom stereocenters. The Morgan fingerprint density at radius 1 is 1.23 bits per heavy atom. The Bertz CT molecular complexity index is 745. The van der Waals surface area contributed by atoms with Gasteiger partial charge < -0.3 is 11.1 Å². The van der Waals surface area contributed by atoms with Crippen molar-refractivity contribution in [3.05, 3.63) is 65.0 Å². The molecular weight excluding hydrogens is 272 g/mol. The van der Waals surface area contributed by atoms with Gasteiger partial charge in [0.2, 0.25) is 0 Å². The number of rotatable bonds is 3. The Morgan fingerprint density at radius 2 is 2.14 bits per heavy atom. The summed E-state index contributed by atoms with van der Waals surface area (Å²) in [4.78, 5) is 8.86. The number of benzene rings is 1. The van der Waals surface area contributed by atoms with E-state index in [1.54, 1.807) is 6.20 Å². The lowest BCUT2D eigenvalue weighted by molar-refractivity contribution is 0.818. The first kappa shape index (κ1) is 14.2. The summed E-state index contributed by atoms with van der Waals surface area (Å²) >= 11 is 0. The van der Waals surface area contributed by atoms with Crippen molar-refractivity contribution >= 4 is 23.7 Å². The van der Waals surface area contributed by atoms with Gasteiger partial charge in [0, 0.05) is 42.0 Å². The van der Waals surface area contributed by atoms with Crippen LogP contribution in [0.3, 0.4) is 0 Å². The molecule has 2 aromatic rings. The number of anilines is 1. The summed E-state index contributed by atoms with van der Waals surface area (Å²) in [5, 5.41) is 7.31. The van der Waals surface area contributed by atoms with E-state index in [-0.39, 0.29) is 0 Å². The molecule has 2 heterocycles. The van der Waals surface area contributed by atoms with Gasteiger partial charge >= 0.3 is 0 Å². The van der Waals surface area contributed by atoms with Crippen molar-refractivity contribution in [3.8, 4) is 0 Å². The van der Waals surface area contributed by atoms with Crippen LogP contribution in [0.25, 0.3) is 6.08 Å². The summed E-state index contributed by atoms with van der Waals surface area (Å²) in [6, 6.07) is 9.74. The third-order valence-corrected chi connectivity index (χ3v) is 3.72. The van der Waals surface area contributed by atoms with Crippen molar-refractivity contribution in [3.63, 3.8) is 0 Å². The van der Waals surface area contributed by atoms with Gasteiger partial charge in [-0.2, -0.15) is 0 Å². The number of nitrogens with one attached hydrogen (secondary N) is 1. The monoisotopic (exact) mass is 290 g/mol. The molecular formula is C18H18N4. The first-order valence-corrected chi connectivity index (χ1v) is 7.34. The number of aliphatic imine (C=N–C) groups is 1. The second kappa shape index (κ2) is 6.35. The molecule has 110 valence electrons. The number of nitrogens with zero attached hydrogens (tertiary/aromatic N) is 2. The standard InChI is InChI=1S/C18H18N4/c19-11-15-6-5-13(10-17(15)20)9-14-3-2-8-22-18(14)16-4-1-7-21-12-16/h1,4-7,9-12,19H,2-3,8,20H2/b14-9+,19-11?. The van der Waals surface area contributed by atoms with E-state index in [2.05, 4.69) is 16.1 Å². The number of pyridine rings is 1. The van der Waals surface area contributed by atoms with Gasteiger partial charge in [-0.25, -0.2) is 0 Å². The molecule has 0 saturated carbocycles. The molecule has 4 nitrogen and oxygen atoms in total. The average Bonchev–Trinajstić information content (AvgIpc) is 2.56. The fourth-order valence-corrected chi connectivity index (χ4v) is 2.62. The van der Waals surface area contributed by atoms with E-state index in [1.165, 1.54) is 11.8 Å². The molecule has 0 fully saturated rings. The zero-order valence-corrected chi connectivity index (χ0v) is 12.3. The third-order valence-electron chi connectivity index (χ3n) is 3.72. The van der Waals surface area contributed by atoms with Gasteiger partial charge in [-0.3, -0.25) is 9.98 Å². The lowest BCUT2D eigenvalue weighted by Crippen LogP contribution is -2.11. The maximum atomic E-state index is 7.31. The Balaban J connectivity index is 1.98. The second-order valence-electron chi connectivity index (χ2n) is 5.28. The zero-order valence-electron chi connectivity index (χ0n) is 12.3. The van der Waals surface area contributed by atoms with E-state index in [9.17, 15) is 0 Å². The average molecular weight is 290 g/mol. The molecule has 0 spiro atoms. The molecule has 0 bridgehead atoms. The third kappa shape index (κ3) is 2.96. The molecule has 1 aliphatic rings. The van der Waals surface area contributed by atoms with Crippen molar-refractivity contribution in [2.24, 2.45) is 4.99 Å². The summed E-state index contributed by atoms with van der Waals surface area (Å²) in [5.74, 6) is 0. The van der Waals surface area contributed by atoms with Gasteiger partial charge in [0.15, 0.2) is 0 Å². The number of hydrogen-bond donors (Lipinski definition) is 2. The smallest absolute Gasteiger partial charge is 0.0694 e. The molecule has 0 unspecified atom stereocenters.